The van der Waals surface area contributed by atoms with Crippen LogP contribution in [-0.2, 0) is 6.42 Å². The highest BCUT2D eigenvalue weighted by Gasteiger charge is 2.02. The molecule has 4 heteroatoms. The highest BCUT2D eigenvalue weighted by Crippen LogP contribution is 2.22. The van der Waals surface area contributed by atoms with Crippen LogP contribution in [0.15, 0.2) is 42.7 Å². The minimum absolute atomic E-state index is 0.486. The molecule has 90 valence electrons. The smallest absolute Gasteiger partial charge is 0.142 e. The number of aromatic nitrogens is 1. The van der Waals surface area contributed by atoms with Crippen molar-refractivity contribution in [3.8, 4) is 11.8 Å². The predicted molar refractivity (Wildman–Crippen MR) is 69.0 cm³/mol. The number of nitriles is 1. The number of benzene rings is 1. The molecule has 0 radical (unpaired) electrons. The number of nitrogen functional groups attached to an aromatic ring is 1. The average Bonchev–Trinajstić information content (AvgIpc) is 2.42. The lowest BCUT2D eigenvalue weighted by atomic mass is 10.2. The van der Waals surface area contributed by atoms with Gasteiger partial charge in [0, 0.05) is 18.8 Å². The van der Waals surface area contributed by atoms with Gasteiger partial charge in [0.1, 0.15) is 5.75 Å². The van der Waals surface area contributed by atoms with Crippen molar-refractivity contribution in [2.75, 3.05) is 12.3 Å². The molecule has 1 heterocycles. The summed E-state index contributed by atoms with van der Waals surface area (Å²) >= 11 is 0. The zero-order valence-corrected chi connectivity index (χ0v) is 9.84. The van der Waals surface area contributed by atoms with Crippen molar-refractivity contribution < 1.29 is 4.74 Å². The molecule has 2 N–H and O–H groups in total. The number of ether oxygens (including phenoxy) is 1. The summed E-state index contributed by atoms with van der Waals surface area (Å²) in [6, 6.07) is 10.9. The Morgan fingerprint density at radius 3 is 2.89 bits per heavy atom. The van der Waals surface area contributed by atoms with Crippen molar-refractivity contribution in [2.45, 2.75) is 6.42 Å². The Hall–Kier alpha value is -2.54. The van der Waals surface area contributed by atoms with E-state index in [2.05, 4.69) is 4.98 Å². The summed E-state index contributed by atoms with van der Waals surface area (Å²) in [6.07, 6.45) is 4.32. The summed E-state index contributed by atoms with van der Waals surface area (Å²) in [5.74, 6) is 0.609. The Morgan fingerprint density at radius 2 is 2.22 bits per heavy atom. The van der Waals surface area contributed by atoms with Crippen molar-refractivity contribution >= 4 is 5.69 Å². The molecule has 0 saturated carbocycles. The molecule has 1 aromatic carbocycles. The summed E-state index contributed by atoms with van der Waals surface area (Å²) in [5.41, 5.74) is 7.92. The van der Waals surface area contributed by atoms with E-state index in [-0.39, 0.29) is 0 Å². The molecule has 18 heavy (non-hydrogen) atoms. The molecule has 0 aliphatic rings. The molecular weight excluding hydrogens is 226 g/mol. The zero-order valence-electron chi connectivity index (χ0n) is 9.84. The van der Waals surface area contributed by atoms with Gasteiger partial charge in [-0.2, -0.15) is 5.26 Å². The van der Waals surface area contributed by atoms with Gasteiger partial charge >= 0.3 is 0 Å². The number of hydrogen-bond acceptors (Lipinski definition) is 4. The summed E-state index contributed by atoms with van der Waals surface area (Å²) in [7, 11) is 0. The van der Waals surface area contributed by atoms with Crippen molar-refractivity contribution in [3.63, 3.8) is 0 Å². The second kappa shape index (κ2) is 5.69. The van der Waals surface area contributed by atoms with E-state index in [1.807, 2.05) is 24.4 Å². The molecule has 0 bridgehead atoms. The molecule has 0 saturated heterocycles. The van der Waals surface area contributed by atoms with Crippen LogP contribution < -0.4 is 10.5 Å². The molecule has 0 aliphatic heterocycles. The Bertz CT molecular complexity index is 561. The van der Waals surface area contributed by atoms with E-state index in [4.69, 9.17) is 15.7 Å². The highest BCUT2D eigenvalue weighted by molar-refractivity contribution is 5.56. The van der Waals surface area contributed by atoms with E-state index in [1.165, 1.54) is 0 Å². The number of nitrogens with two attached hydrogens (primary N) is 1. The van der Waals surface area contributed by atoms with E-state index in [9.17, 15) is 0 Å². The highest BCUT2D eigenvalue weighted by atomic mass is 16.5. The third-order valence-electron chi connectivity index (χ3n) is 2.51. The van der Waals surface area contributed by atoms with E-state index < -0.39 is 0 Å². The quantitative estimate of drug-likeness (QED) is 0.830. The largest absolute Gasteiger partial charge is 0.491 e. The van der Waals surface area contributed by atoms with Crippen LogP contribution in [0.5, 0.6) is 5.75 Å². The average molecular weight is 239 g/mol. The Balaban J connectivity index is 1.93. The van der Waals surface area contributed by atoms with E-state index in [0.717, 1.165) is 12.0 Å². The van der Waals surface area contributed by atoms with E-state index >= 15 is 0 Å². The van der Waals surface area contributed by atoms with Crippen molar-refractivity contribution in [1.29, 1.82) is 5.26 Å². The normalized spacial score (nSPS) is 9.72. The standard InChI is InChI=1S/C14H13N3O/c15-9-12-3-4-14(13(16)8-12)18-7-5-11-2-1-6-17-10-11/h1-4,6,8,10H,5,7,16H2. The van der Waals surface area contributed by atoms with Crippen molar-refractivity contribution in [1.82, 2.24) is 4.98 Å². The Morgan fingerprint density at radius 1 is 1.33 bits per heavy atom. The maximum atomic E-state index is 8.72. The van der Waals surface area contributed by atoms with Gasteiger partial charge < -0.3 is 10.5 Å². The lowest BCUT2D eigenvalue weighted by Crippen LogP contribution is -2.03. The molecular formula is C14H13N3O. The maximum absolute atomic E-state index is 8.72. The number of anilines is 1. The SMILES string of the molecule is N#Cc1ccc(OCCc2cccnc2)c(N)c1. The molecule has 0 unspecified atom stereocenters. The van der Waals surface area contributed by atoms with Crippen LogP contribution in [0, 0.1) is 11.3 Å². The number of hydrogen-bond donors (Lipinski definition) is 1. The lowest BCUT2D eigenvalue weighted by molar-refractivity contribution is 0.323. The number of rotatable bonds is 4. The van der Waals surface area contributed by atoms with Crippen molar-refractivity contribution in [2.24, 2.45) is 0 Å². The van der Waals surface area contributed by atoms with Gasteiger partial charge in [0.05, 0.1) is 23.9 Å². The van der Waals surface area contributed by atoms with Crippen LogP contribution >= 0.6 is 0 Å². The van der Waals surface area contributed by atoms with Gasteiger partial charge in [-0.15, -0.1) is 0 Å². The van der Waals surface area contributed by atoms with E-state index in [1.54, 1.807) is 24.4 Å². The maximum Gasteiger partial charge on any atom is 0.142 e. The van der Waals surface area contributed by atoms with Crippen LogP contribution in [0.25, 0.3) is 0 Å². The van der Waals surface area contributed by atoms with E-state index in [0.29, 0.717) is 23.6 Å². The van der Waals surface area contributed by atoms with Crippen LogP contribution in [0.2, 0.25) is 0 Å². The third-order valence-corrected chi connectivity index (χ3v) is 2.51. The van der Waals surface area contributed by atoms with Crippen LogP contribution in [0.1, 0.15) is 11.1 Å². The van der Waals surface area contributed by atoms with Gasteiger partial charge in [0.25, 0.3) is 0 Å². The molecule has 0 atom stereocenters. The fraction of sp³-hybridized carbons (Fsp3) is 0.143. The Labute approximate surface area is 106 Å². The molecule has 0 spiro atoms. The molecule has 4 nitrogen and oxygen atoms in total. The van der Waals surface area contributed by atoms with Gasteiger partial charge in [-0.1, -0.05) is 6.07 Å². The first-order valence-electron chi connectivity index (χ1n) is 5.61. The molecule has 0 fully saturated rings. The van der Waals surface area contributed by atoms with Crippen LogP contribution in [-0.4, -0.2) is 11.6 Å². The monoisotopic (exact) mass is 239 g/mol. The van der Waals surface area contributed by atoms with Gasteiger partial charge in [-0.3, -0.25) is 4.98 Å². The molecule has 1 aromatic heterocycles. The van der Waals surface area contributed by atoms with Crippen LogP contribution in [0.3, 0.4) is 0 Å². The summed E-state index contributed by atoms with van der Waals surface area (Å²) in [6.45, 7) is 0.530. The molecule has 0 aliphatic carbocycles. The first-order chi connectivity index (χ1) is 8.79. The molecule has 0 amide bonds. The predicted octanol–water partition coefficient (Wildman–Crippen LogP) is 2.16. The second-order valence-corrected chi connectivity index (χ2v) is 3.82. The van der Waals surface area contributed by atoms with Gasteiger partial charge in [0.2, 0.25) is 0 Å². The minimum Gasteiger partial charge on any atom is -0.491 e. The summed E-state index contributed by atoms with van der Waals surface area (Å²) in [5, 5.41) is 8.72. The number of nitrogens with zero attached hydrogens (tertiary/aromatic N) is 2. The minimum atomic E-state index is 0.486. The van der Waals surface area contributed by atoms with Gasteiger partial charge in [0.15, 0.2) is 0 Å². The molecule has 2 aromatic rings. The fourth-order valence-corrected chi connectivity index (χ4v) is 1.57. The lowest BCUT2D eigenvalue weighted by Gasteiger charge is -2.08. The van der Waals surface area contributed by atoms with Crippen molar-refractivity contribution in [3.05, 3.63) is 53.9 Å². The van der Waals surface area contributed by atoms with Crippen LogP contribution in [0.4, 0.5) is 5.69 Å². The first-order valence-corrected chi connectivity index (χ1v) is 5.61. The second-order valence-electron chi connectivity index (χ2n) is 3.82. The number of pyridine rings is 1. The summed E-state index contributed by atoms with van der Waals surface area (Å²) < 4.78 is 5.58. The third kappa shape index (κ3) is 2.98. The first kappa shape index (κ1) is 11.9. The fourth-order valence-electron chi connectivity index (χ4n) is 1.57. The summed E-state index contributed by atoms with van der Waals surface area (Å²) in [4.78, 5) is 4.03. The zero-order chi connectivity index (χ0) is 12.8. The molecule has 2 rings (SSSR count). The van der Waals surface area contributed by atoms with Gasteiger partial charge in [-0.05, 0) is 29.8 Å². The van der Waals surface area contributed by atoms with Gasteiger partial charge in [-0.25, -0.2) is 0 Å². The topological polar surface area (TPSA) is 71.9 Å². The Kier molecular flexibility index (Phi) is 3.77.